The maximum atomic E-state index is 12.8. The van der Waals surface area contributed by atoms with E-state index in [4.69, 9.17) is 11.6 Å². The fraction of sp³-hybridized carbons (Fsp3) is 0.500. The van der Waals surface area contributed by atoms with Gasteiger partial charge >= 0.3 is 18.0 Å². The van der Waals surface area contributed by atoms with Gasteiger partial charge in [-0.05, 0) is 37.0 Å². The van der Waals surface area contributed by atoms with Crippen molar-refractivity contribution in [1.29, 1.82) is 0 Å². The molecular weight excluding hydrogens is 345 g/mol. The van der Waals surface area contributed by atoms with Gasteiger partial charge in [-0.2, -0.15) is 13.2 Å². The van der Waals surface area contributed by atoms with Crippen molar-refractivity contribution in [1.82, 2.24) is 5.32 Å². The molecule has 0 bridgehead atoms. The van der Waals surface area contributed by atoms with E-state index in [2.05, 4.69) is 10.6 Å². The fourth-order valence-electron chi connectivity index (χ4n) is 2.77. The van der Waals surface area contributed by atoms with E-state index in [1.165, 1.54) is 6.07 Å². The van der Waals surface area contributed by atoms with Crippen LogP contribution in [0.5, 0.6) is 0 Å². The van der Waals surface area contributed by atoms with Crippen LogP contribution < -0.4 is 10.6 Å². The lowest BCUT2D eigenvalue weighted by molar-refractivity contribution is -0.137. The number of carbonyl (C=O) groups excluding carboxylic acids is 2. The SMILES string of the molecule is C[C@@H]1CCCC[C@H]1NC(=O)C(=O)Nc1ccc(Cl)c(C(F)(F)F)c1. The summed E-state index contributed by atoms with van der Waals surface area (Å²) in [6.07, 6.45) is -0.816. The van der Waals surface area contributed by atoms with Crippen molar-refractivity contribution < 1.29 is 22.8 Å². The van der Waals surface area contributed by atoms with Gasteiger partial charge in [0.2, 0.25) is 0 Å². The van der Waals surface area contributed by atoms with E-state index in [1.807, 2.05) is 6.92 Å². The molecule has 0 heterocycles. The van der Waals surface area contributed by atoms with Gasteiger partial charge in [0.1, 0.15) is 0 Å². The minimum atomic E-state index is -4.64. The zero-order valence-electron chi connectivity index (χ0n) is 13.0. The van der Waals surface area contributed by atoms with Crippen molar-refractivity contribution in [3.63, 3.8) is 0 Å². The summed E-state index contributed by atoms with van der Waals surface area (Å²) in [6, 6.07) is 2.86. The number of carbonyl (C=O) groups is 2. The van der Waals surface area contributed by atoms with Crippen molar-refractivity contribution in [2.45, 2.75) is 44.8 Å². The Bertz CT molecular complexity index is 634. The number of benzene rings is 1. The van der Waals surface area contributed by atoms with Gasteiger partial charge in [-0.1, -0.05) is 31.4 Å². The van der Waals surface area contributed by atoms with Crippen LogP contribution in [0.3, 0.4) is 0 Å². The molecule has 24 heavy (non-hydrogen) atoms. The Balaban J connectivity index is 2.02. The second-order valence-corrected chi connectivity index (χ2v) is 6.40. The molecule has 1 saturated carbocycles. The maximum Gasteiger partial charge on any atom is 0.417 e. The van der Waals surface area contributed by atoms with Crippen LogP contribution in [0.4, 0.5) is 18.9 Å². The lowest BCUT2D eigenvalue weighted by atomic mass is 9.86. The van der Waals surface area contributed by atoms with E-state index >= 15 is 0 Å². The van der Waals surface area contributed by atoms with Crippen molar-refractivity contribution in [3.05, 3.63) is 28.8 Å². The third-order valence-electron chi connectivity index (χ3n) is 4.16. The second kappa shape index (κ2) is 7.42. The first kappa shape index (κ1) is 18.6. The van der Waals surface area contributed by atoms with Crippen LogP contribution in [0, 0.1) is 5.92 Å². The van der Waals surface area contributed by atoms with E-state index in [0.717, 1.165) is 31.7 Å². The Morgan fingerprint density at radius 3 is 2.46 bits per heavy atom. The highest BCUT2D eigenvalue weighted by Gasteiger charge is 2.33. The number of halogens is 4. The van der Waals surface area contributed by atoms with Gasteiger partial charge in [-0.25, -0.2) is 0 Å². The zero-order valence-corrected chi connectivity index (χ0v) is 13.8. The predicted molar refractivity (Wildman–Crippen MR) is 84.6 cm³/mol. The van der Waals surface area contributed by atoms with Gasteiger partial charge in [-0.3, -0.25) is 9.59 Å². The molecule has 2 N–H and O–H groups in total. The monoisotopic (exact) mass is 362 g/mol. The summed E-state index contributed by atoms with van der Waals surface area (Å²) in [7, 11) is 0. The Morgan fingerprint density at radius 1 is 1.17 bits per heavy atom. The predicted octanol–water partition coefficient (Wildman–Crippen LogP) is 3.99. The van der Waals surface area contributed by atoms with Crippen molar-refractivity contribution >= 4 is 29.1 Å². The molecule has 0 unspecified atom stereocenters. The molecule has 0 spiro atoms. The summed E-state index contributed by atoms with van der Waals surface area (Å²) >= 11 is 5.51. The van der Waals surface area contributed by atoms with E-state index in [-0.39, 0.29) is 17.6 Å². The highest BCUT2D eigenvalue weighted by atomic mass is 35.5. The minimum Gasteiger partial charge on any atom is -0.345 e. The molecule has 0 aromatic heterocycles. The van der Waals surface area contributed by atoms with Gasteiger partial charge in [0.15, 0.2) is 0 Å². The standard InChI is InChI=1S/C16H18ClF3N2O2/c1-9-4-2-3-5-13(9)22-15(24)14(23)21-10-6-7-12(17)11(8-10)16(18,19)20/h6-9,13H,2-5H2,1H3,(H,21,23)(H,22,24)/t9-,13-/m1/s1. The number of alkyl halides is 3. The molecule has 1 fully saturated rings. The summed E-state index contributed by atoms with van der Waals surface area (Å²) in [4.78, 5) is 23.8. The Morgan fingerprint density at radius 2 is 1.83 bits per heavy atom. The molecule has 8 heteroatoms. The third-order valence-corrected chi connectivity index (χ3v) is 4.49. The molecule has 132 valence electrons. The fourth-order valence-corrected chi connectivity index (χ4v) is 3.00. The summed E-state index contributed by atoms with van der Waals surface area (Å²) in [6.45, 7) is 2.00. The highest BCUT2D eigenvalue weighted by molar-refractivity contribution is 6.39. The smallest absolute Gasteiger partial charge is 0.345 e. The molecule has 2 amide bonds. The number of nitrogens with one attached hydrogen (secondary N) is 2. The van der Waals surface area contributed by atoms with Crippen molar-refractivity contribution in [3.8, 4) is 0 Å². The van der Waals surface area contributed by atoms with Crippen LogP contribution in [-0.2, 0) is 15.8 Å². The summed E-state index contributed by atoms with van der Waals surface area (Å²) in [5.74, 6) is -1.58. The van der Waals surface area contributed by atoms with Crippen molar-refractivity contribution in [2.75, 3.05) is 5.32 Å². The van der Waals surface area contributed by atoms with Crippen LogP contribution in [0.25, 0.3) is 0 Å². The van der Waals surface area contributed by atoms with Gasteiger partial charge in [0.05, 0.1) is 10.6 Å². The first-order valence-corrected chi connectivity index (χ1v) is 8.05. The van der Waals surface area contributed by atoms with Gasteiger partial charge in [0, 0.05) is 11.7 Å². The lowest BCUT2D eigenvalue weighted by Crippen LogP contribution is -2.45. The topological polar surface area (TPSA) is 58.2 Å². The molecule has 2 atom stereocenters. The molecule has 1 aromatic carbocycles. The number of hydrogen-bond donors (Lipinski definition) is 2. The second-order valence-electron chi connectivity index (χ2n) is 5.99. The molecule has 0 saturated heterocycles. The number of anilines is 1. The summed E-state index contributed by atoms with van der Waals surface area (Å²) in [5.41, 5.74) is -1.20. The summed E-state index contributed by atoms with van der Waals surface area (Å²) < 4.78 is 38.4. The van der Waals surface area contributed by atoms with Crippen LogP contribution in [0.1, 0.15) is 38.2 Å². The van der Waals surface area contributed by atoms with Crippen LogP contribution in [-0.4, -0.2) is 17.9 Å². The first-order valence-electron chi connectivity index (χ1n) is 7.67. The largest absolute Gasteiger partial charge is 0.417 e. The van der Waals surface area contributed by atoms with Gasteiger partial charge in [0.25, 0.3) is 0 Å². The van der Waals surface area contributed by atoms with E-state index in [1.54, 1.807) is 0 Å². The highest BCUT2D eigenvalue weighted by Crippen LogP contribution is 2.36. The van der Waals surface area contributed by atoms with E-state index in [9.17, 15) is 22.8 Å². The third kappa shape index (κ3) is 4.63. The molecule has 1 aliphatic carbocycles. The average Bonchev–Trinajstić information content (AvgIpc) is 2.50. The Hall–Kier alpha value is -1.76. The number of rotatable bonds is 2. The molecule has 1 aliphatic rings. The normalized spacial score (nSPS) is 21.2. The first-order chi connectivity index (χ1) is 11.2. The van der Waals surface area contributed by atoms with Crippen LogP contribution in [0.15, 0.2) is 18.2 Å². The summed E-state index contributed by atoms with van der Waals surface area (Å²) in [5, 5.41) is 4.35. The van der Waals surface area contributed by atoms with Crippen LogP contribution >= 0.6 is 11.6 Å². The molecule has 1 aromatic rings. The van der Waals surface area contributed by atoms with E-state index < -0.39 is 28.6 Å². The Kier molecular flexibility index (Phi) is 5.74. The lowest BCUT2D eigenvalue weighted by Gasteiger charge is -2.29. The molecule has 0 aliphatic heterocycles. The zero-order chi connectivity index (χ0) is 17.9. The Labute approximate surface area is 142 Å². The molecular formula is C16H18ClF3N2O2. The average molecular weight is 363 g/mol. The molecule has 0 radical (unpaired) electrons. The number of hydrogen-bond acceptors (Lipinski definition) is 2. The molecule has 2 rings (SSSR count). The van der Waals surface area contributed by atoms with Crippen molar-refractivity contribution in [2.24, 2.45) is 5.92 Å². The van der Waals surface area contributed by atoms with Crippen LogP contribution in [0.2, 0.25) is 5.02 Å². The maximum absolute atomic E-state index is 12.8. The van der Waals surface area contributed by atoms with Gasteiger partial charge < -0.3 is 10.6 Å². The molecule has 4 nitrogen and oxygen atoms in total. The van der Waals surface area contributed by atoms with E-state index in [0.29, 0.717) is 6.07 Å². The number of amides is 2. The minimum absolute atomic E-state index is 0.0899. The quantitative estimate of drug-likeness (QED) is 0.781. The van der Waals surface area contributed by atoms with Gasteiger partial charge in [-0.15, -0.1) is 0 Å².